The summed E-state index contributed by atoms with van der Waals surface area (Å²) >= 11 is 0. The van der Waals surface area contributed by atoms with Gasteiger partial charge in [-0.1, -0.05) is 43.3 Å². The quantitative estimate of drug-likeness (QED) is 0.384. The molecule has 1 amide bonds. The van der Waals surface area contributed by atoms with E-state index in [0.717, 1.165) is 0 Å². The van der Waals surface area contributed by atoms with E-state index in [1.54, 1.807) is 47.4 Å². The van der Waals surface area contributed by atoms with Crippen LogP contribution in [0.2, 0.25) is 0 Å². The van der Waals surface area contributed by atoms with E-state index in [-0.39, 0.29) is 11.1 Å². The molecule has 0 saturated carbocycles. The maximum absolute atomic E-state index is 14.5. The second-order valence-corrected chi connectivity index (χ2v) is 7.79. The molecule has 1 unspecified atom stereocenters. The summed E-state index contributed by atoms with van der Waals surface area (Å²) in [6.45, 7) is 4.05. The molecular weight excluding hydrogens is 433 g/mol. The van der Waals surface area contributed by atoms with E-state index >= 15 is 0 Å². The largest absolute Gasteiger partial charge is 0.495 e. The van der Waals surface area contributed by atoms with E-state index in [4.69, 9.17) is 9.72 Å². The lowest BCUT2D eigenvalue weighted by Crippen LogP contribution is -2.38. The monoisotopic (exact) mass is 459 g/mol. The van der Waals surface area contributed by atoms with E-state index in [9.17, 15) is 14.0 Å². The molecular formula is C27H26FN3O3. The van der Waals surface area contributed by atoms with Gasteiger partial charge < -0.3 is 9.64 Å². The maximum Gasteiger partial charge on any atom is 0.266 e. The highest BCUT2D eigenvalue weighted by molar-refractivity contribution is 5.94. The van der Waals surface area contributed by atoms with E-state index in [1.807, 2.05) is 32.0 Å². The first-order chi connectivity index (χ1) is 16.5. The summed E-state index contributed by atoms with van der Waals surface area (Å²) in [5, 5.41) is 0.454. The Morgan fingerprint density at radius 1 is 1.03 bits per heavy atom. The zero-order valence-electron chi connectivity index (χ0n) is 19.4. The topological polar surface area (TPSA) is 64.4 Å². The van der Waals surface area contributed by atoms with Crippen LogP contribution in [0.4, 0.5) is 4.39 Å². The number of hydrogen-bond donors (Lipinski definition) is 0. The molecule has 0 spiro atoms. The van der Waals surface area contributed by atoms with E-state index in [2.05, 4.69) is 0 Å². The van der Waals surface area contributed by atoms with Crippen molar-refractivity contribution in [3.63, 3.8) is 0 Å². The van der Waals surface area contributed by atoms with E-state index < -0.39 is 17.8 Å². The Labute approximate surface area is 197 Å². The average Bonchev–Trinajstić information content (AvgIpc) is 2.87. The van der Waals surface area contributed by atoms with Crippen LogP contribution in [-0.2, 0) is 0 Å². The van der Waals surface area contributed by atoms with Crippen LogP contribution in [0.25, 0.3) is 16.6 Å². The minimum atomic E-state index is -0.589. The molecule has 7 heteroatoms. The van der Waals surface area contributed by atoms with Gasteiger partial charge in [-0.15, -0.1) is 0 Å². The highest BCUT2D eigenvalue weighted by Crippen LogP contribution is 2.30. The van der Waals surface area contributed by atoms with E-state index in [1.165, 1.54) is 23.8 Å². The number of ether oxygens (including phenoxy) is 1. The van der Waals surface area contributed by atoms with Crippen molar-refractivity contribution in [3.8, 4) is 11.4 Å². The van der Waals surface area contributed by atoms with Crippen LogP contribution in [0, 0.1) is 5.82 Å². The summed E-state index contributed by atoms with van der Waals surface area (Å²) in [6, 6.07) is 19.6. The summed E-state index contributed by atoms with van der Waals surface area (Å²) in [5.74, 6) is -0.153. The minimum absolute atomic E-state index is 0.0187. The van der Waals surface area contributed by atoms with Gasteiger partial charge in [0.05, 0.1) is 35.3 Å². The fourth-order valence-electron chi connectivity index (χ4n) is 4.26. The maximum atomic E-state index is 14.5. The number of amides is 1. The minimum Gasteiger partial charge on any atom is -0.495 e. The number of carbonyl (C=O) groups is 1. The summed E-state index contributed by atoms with van der Waals surface area (Å²) in [6.07, 6.45) is 0.466. The Morgan fingerprint density at radius 2 is 1.71 bits per heavy atom. The number of benzene rings is 3. The average molecular weight is 460 g/mol. The molecule has 34 heavy (non-hydrogen) atoms. The molecule has 3 aromatic carbocycles. The normalized spacial score (nSPS) is 11.9. The number of methoxy groups -OCH3 is 1. The first-order valence-corrected chi connectivity index (χ1v) is 11.2. The van der Waals surface area contributed by atoms with Crippen molar-refractivity contribution in [1.29, 1.82) is 0 Å². The Balaban J connectivity index is 1.98. The predicted octanol–water partition coefficient (Wildman–Crippen LogP) is 5.15. The molecule has 0 aliphatic carbocycles. The molecule has 0 aliphatic heterocycles. The summed E-state index contributed by atoms with van der Waals surface area (Å²) in [5.41, 5.74) is 0.769. The van der Waals surface area contributed by atoms with Gasteiger partial charge in [0.2, 0.25) is 0 Å². The molecule has 0 radical (unpaired) electrons. The third-order valence-corrected chi connectivity index (χ3v) is 5.89. The molecule has 4 rings (SSSR count). The number of para-hydroxylation sites is 3. The second-order valence-electron chi connectivity index (χ2n) is 7.79. The van der Waals surface area contributed by atoms with Crippen LogP contribution in [0.1, 0.15) is 42.5 Å². The lowest BCUT2D eigenvalue weighted by molar-refractivity contribution is 0.0667. The van der Waals surface area contributed by atoms with Gasteiger partial charge in [0.15, 0.2) is 0 Å². The Bertz CT molecular complexity index is 1400. The first-order valence-electron chi connectivity index (χ1n) is 11.2. The summed E-state index contributed by atoms with van der Waals surface area (Å²) in [7, 11) is 1.54. The van der Waals surface area contributed by atoms with Gasteiger partial charge in [0.1, 0.15) is 17.4 Å². The van der Waals surface area contributed by atoms with Crippen LogP contribution in [0.3, 0.4) is 0 Å². The smallest absolute Gasteiger partial charge is 0.266 e. The number of aromatic nitrogens is 2. The molecule has 6 nitrogen and oxygen atoms in total. The summed E-state index contributed by atoms with van der Waals surface area (Å²) < 4.78 is 21.5. The zero-order chi connectivity index (χ0) is 24.2. The van der Waals surface area contributed by atoms with Crippen molar-refractivity contribution >= 4 is 16.8 Å². The Hall–Kier alpha value is -4.00. The molecule has 0 saturated heterocycles. The molecule has 1 atom stereocenters. The van der Waals surface area contributed by atoms with Crippen LogP contribution < -0.4 is 10.3 Å². The number of fused-ring (bicyclic) bond motifs is 1. The molecule has 4 aromatic rings. The Kier molecular flexibility index (Phi) is 6.72. The van der Waals surface area contributed by atoms with Gasteiger partial charge in [-0.2, -0.15) is 0 Å². The molecule has 0 N–H and O–H groups in total. The third kappa shape index (κ3) is 4.05. The van der Waals surface area contributed by atoms with Crippen molar-refractivity contribution in [2.45, 2.75) is 26.3 Å². The van der Waals surface area contributed by atoms with Gasteiger partial charge in [-0.25, -0.2) is 9.37 Å². The first kappa shape index (κ1) is 23.2. The number of carbonyl (C=O) groups excluding carboxylic acids is 1. The standard InChI is InChI=1S/C27H26FN3O3/c1-4-22(30(5-2)26(32)18-12-6-8-14-20(18)28)25-29-21-15-9-7-13-19(21)27(33)31(25)23-16-10-11-17-24(23)34-3/h6-17,22H,4-5H2,1-3H3. The highest BCUT2D eigenvalue weighted by atomic mass is 19.1. The molecule has 174 valence electrons. The van der Waals surface area contributed by atoms with Crippen LogP contribution in [0.5, 0.6) is 5.75 Å². The zero-order valence-corrected chi connectivity index (χ0v) is 19.4. The van der Waals surface area contributed by atoms with Crippen molar-refractivity contribution in [2.24, 2.45) is 0 Å². The van der Waals surface area contributed by atoms with Gasteiger partial charge in [0, 0.05) is 6.54 Å². The van der Waals surface area contributed by atoms with Gasteiger partial charge >= 0.3 is 0 Å². The highest BCUT2D eigenvalue weighted by Gasteiger charge is 2.30. The Morgan fingerprint density at radius 3 is 2.41 bits per heavy atom. The molecule has 1 heterocycles. The second kappa shape index (κ2) is 9.87. The molecule has 0 fully saturated rings. The fraction of sp³-hybridized carbons (Fsp3) is 0.222. The van der Waals surface area contributed by atoms with Gasteiger partial charge in [-0.05, 0) is 49.7 Å². The number of halogens is 1. The van der Waals surface area contributed by atoms with Crippen molar-refractivity contribution in [1.82, 2.24) is 14.5 Å². The van der Waals surface area contributed by atoms with Gasteiger partial charge in [0.25, 0.3) is 11.5 Å². The molecule has 0 aliphatic rings. The van der Waals surface area contributed by atoms with Gasteiger partial charge in [-0.3, -0.25) is 14.2 Å². The van der Waals surface area contributed by atoms with E-state index in [0.29, 0.717) is 41.1 Å². The SMILES string of the molecule is CCC(c1nc2ccccc2c(=O)n1-c1ccccc1OC)N(CC)C(=O)c1ccccc1F. The predicted molar refractivity (Wildman–Crippen MR) is 130 cm³/mol. The fourth-order valence-corrected chi connectivity index (χ4v) is 4.26. The number of nitrogens with zero attached hydrogens (tertiary/aromatic N) is 3. The lowest BCUT2D eigenvalue weighted by Gasteiger charge is -2.31. The van der Waals surface area contributed by atoms with Crippen molar-refractivity contribution < 1.29 is 13.9 Å². The van der Waals surface area contributed by atoms with Crippen molar-refractivity contribution in [3.05, 3.63) is 100 Å². The van der Waals surface area contributed by atoms with Crippen LogP contribution in [0.15, 0.2) is 77.6 Å². The lowest BCUT2D eigenvalue weighted by atomic mass is 10.1. The molecule has 0 bridgehead atoms. The van der Waals surface area contributed by atoms with Crippen LogP contribution >= 0.6 is 0 Å². The third-order valence-electron chi connectivity index (χ3n) is 5.89. The number of hydrogen-bond acceptors (Lipinski definition) is 4. The molecule has 1 aromatic heterocycles. The number of rotatable bonds is 7. The van der Waals surface area contributed by atoms with Crippen molar-refractivity contribution in [2.75, 3.05) is 13.7 Å². The van der Waals surface area contributed by atoms with Crippen LogP contribution in [-0.4, -0.2) is 34.0 Å². The summed E-state index contributed by atoms with van der Waals surface area (Å²) in [4.78, 5) is 33.6.